The first-order valence-corrected chi connectivity index (χ1v) is 15.7. The highest BCUT2D eigenvalue weighted by molar-refractivity contribution is 9.10. The Morgan fingerprint density at radius 2 is 1.91 bits per heavy atom. The van der Waals surface area contributed by atoms with E-state index in [-0.39, 0.29) is 17.9 Å². The van der Waals surface area contributed by atoms with Gasteiger partial charge in [0.25, 0.3) is 11.2 Å². The quantitative estimate of drug-likeness (QED) is 0.121. The number of thiazole rings is 1. The molecule has 12 heteroatoms. The maximum absolute atomic E-state index is 14.2. The van der Waals surface area contributed by atoms with Crippen molar-refractivity contribution in [3.63, 3.8) is 0 Å². The number of esters is 1. The zero-order valence-corrected chi connectivity index (χ0v) is 26.9. The van der Waals surface area contributed by atoms with Crippen LogP contribution in [-0.2, 0) is 16.1 Å². The Kier molecular flexibility index (Phi) is 8.26. The van der Waals surface area contributed by atoms with Gasteiger partial charge in [0.05, 0.1) is 45.0 Å². The minimum absolute atomic E-state index is 0.0360. The second kappa shape index (κ2) is 12.3. The first kappa shape index (κ1) is 30.2. The number of rotatable bonds is 8. The zero-order chi connectivity index (χ0) is 31.8. The molecule has 0 bridgehead atoms. The number of allylic oxidation sites excluding steroid dienone is 1. The van der Waals surface area contributed by atoms with Crippen molar-refractivity contribution in [2.24, 2.45) is 4.99 Å². The number of halogens is 1. The third-order valence-electron chi connectivity index (χ3n) is 7.61. The molecule has 0 aliphatic carbocycles. The molecule has 0 saturated heterocycles. The monoisotopic (exact) mass is 686 g/mol. The van der Waals surface area contributed by atoms with Gasteiger partial charge in [-0.2, -0.15) is 0 Å². The summed E-state index contributed by atoms with van der Waals surface area (Å²) in [5.41, 5.74) is 3.93. The molecule has 1 aliphatic heterocycles. The lowest BCUT2D eigenvalue weighted by molar-refractivity contribution is -0.384. The van der Waals surface area contributed by atoms with Crippen molar-refractivity contribution in [3.8, 4) is 5.75 Å². The minimum atomic E-state index is -0.756. The molecule has 0 N–H and O–H groups in total. The van der Waals surface area contributed by atoms with Crippen LogP contribution in [0.2, 0.25) is 0 Å². The van der Waals surface area contributed by atoms with Crippen molar-refractivity contribution < 1.29 is 19.2 Å². The lowest BCUT2D eigenvalue weighted by Gasteiger charge is -2.25. The van der Waals surface area contributed by atoms with Crippen LogP contribution in [0.25, 0.3) is 17.0 Å². The average Bonchev–Trinajstić information content (AvgIpc) is 3.52. The summed E-state index contributed by atoms with van der Waals surface area (Å²) in [6.45, 7) is 4.16. The smallest absolute Gasteiger partial charge is 0.338 e. The van der Waals surface area contributed by atoms with Crippen molar-refractivity contribution >= 4 is 55.9 Å². The molecule has 45 heavy (non-hydrogen) atoms. The molecule has 3 heterocycles. The van der Waals surface area contributed by atoms with Gasteiger partial charge in [-0.05, 0) is 65.2 Å². The fraction of sp³-hybridized carbons (Fsp3) is 0.182. The van der Waals surface area contributed by atoms with Crippen LogP contribution in [0, 0.1) is 10.1 Å². The van der Waals surface area contributed by atoms with Crippen LogP contribution in [-0.4, -0.2) is 33.7 Å². The number of carbonyl (C=O) groups excluding carboxylic acids is 1. The number of non-ortho nitro benzene ring substituents is 1. The molecule has 0 radical (unpaired) electrons. The predicted molar refractivity (Wildman–Crippen MR) is 175 cm³/mol. The van der Waals surface area contributed by atoms with Crippen molar-refractivity contribution in [3.05, 3.63) is 135 Å². The van der Waals surface area contributed by atoms with Gasteiger partial charge in [-0.25, -0.2) is 9.79 Å². The van der Waals surface area contributed by atoms with E-state index in [4.69, 9.17) is 9.47 Å². The average molecular weight is 688 g/mol. The van der Waals surface area contributed by atoms with Crippen LogP contribution < -0.4 is 19.6 Å². The van der Waals surface area contributed by atoms with Gasteiger partial charge in [0.1, 0.15) is 5.75 Å². The summed E-state index contributed by atoms with van der Waals surface area (Å²) in [4.78, 5) is 43.2. The van der Waals surface area contributed by atoms with Crippen LogP contribution in [0.5, 0.6) is 5.75 Å². The normalized spacial score (nSPS) is 14.8. The molecular formula is C33H27BrN4O6S. The number of benzene rings is 3. The maximum atomic E-state index is 14.2. The van der Waals surface area contributed by atoms with E-state index in [2.05, 4.69) is 25.5 Å². The largest absolute Gasteiger partial charge is 0.496 e. The van der Waals surface area contributed by atoms with E-state index in [9.17, 15) is 19.7 Å². The lowest BCUT2D eigenvalue weighted by Crippen LogP contribution is -2.39. The molecule has 0 fully saturated rings. The summed E-state index contributed by atoms with van der Waals surface area (Å²) in [6.07, 6.45) is 3.82. The summed E-state index contributed by atoms with van der Waals surface area (Å²) < 4.78 is 15.6. The number of nitro groups is 1. The van der Waals surface area contributed by atoms with Gasteiger partial charge < -0.3 is 14.0 Å². The molecule has 0 amide bonds. The number of ether oxygens (including phenoxy) is 2. The third kappa shape index (κ3) is 5.62. The van der Waals surface area contributed by atoms with Gasteiger partial charge in [-0.15, -0.1) is 0 Å². The van der Waals surface area contributed by atoms with Crippen molar-refractivity contribution in [1.82, 2.24) is 9.13 Å². The molecule has 10 nitrogen and oxygen atoms in total. The van der Waals surface area contributed by atoms with Crippen LogP contribution in [0.3, 0.4) is 0 Å². The van der Waals surface area contributed by atoms with Crippen molar-refractivity contribution in [2.75, 3.05) is 13.7 Å². The molecule has 3 aromatic carbocycles. The summed E-state index contributed by atoms with van der Waals surface area (Å²) in [6, 6.07) is 19.0. The Morgan fingerprint density at radius 3 is 2.60 bits per heavy atom. The fourth-order valence-electron chi connectivity index (χ4n) is 5.54. The van der Waals surface area contributed by atoms with Crippen LogP contribution >= 0.6 is 27.3 Å². The summed E-state index contributed by atoms with van der Waals surface area (Å²) in [7, 11) is 1.57. The van der Waals surface area contributed by atoms with E-state index >= 15 is 0 Å². The summed E-state index contributed by atoms with van der Waals surface area (Å²) in [5, 5.41) is 12.0. The second-order valence-electron chi connectivity index (χ2n) is 10.3. The minimum Gasteiger partial charge on any atom is -0.496 e. The Bertz CT molecular complexity index is 2200. The van der Waals surface area contributed by atoms with Crippen LogP contribution in [0.1, 0.15) is 36.6 Å². The summed E-state index contributed by atoms with van der Waals surface area (Å²) >= 11 is 4.80. The molecule has 5 aromatic rings. The molecule has 6 rings (SSSR count). The molecule has 0 saturated carbocycles. The van der Waals surface area contributed by atoms with Crippen LogP contribution in [0.4, 0.5) is 5.69 Å². The second-order valence-corrected chi connectivity index (χ2v) is 12.2. The number of hydrogen-bond acceptors (Lipinski definition) is 8. The first-order valence-electron chi connectivity index (χ1n) is 14.0. The first-order chi connectivity index (χ1) is 21.7. The number of aromatic nitrogens is 2. The molecular weight excluding hydrogens is 660 g/mol. The van der Waals surface area contributed by atoms with Crippen LogP contribution in [0.15, 0.2) is 98.5 Å². The zero-order valence-electron chi connectivity index (χ0n) is 24.5. The van der Waals surface area contributed by atoms with E-state index in [1.807, 2.05) is 48.7 Å². The number of hydrogen-bond donors (Lipinski definition) is 0. The van der Waals surface area contributed by atoms with Gasteiger partial charge in [0, 0.05) is 41.3 Å². The molecule has 0 spiro atoms. The van der Waals surface area contributed by atoms with Gasteiger partial charge in [-0.3, -0.25) is 19.5 Å². The Morgan fingerprint density at radius 1 is 1.16 bits per heavy atom. The van der Waals surface area contributed by atoms with Gasteiger partial charge in [0.2, 0.25) is 0 Å². The topological polar surface area (TPSA) is 118 Å². The SMILES string of the molecule is CCOC(=O)C1=C(C)N=c2s/c(=C/c3cn(Cc4ccc([N+](=O)[O-])cc4)c4ccccc34)c(=O)n2[C@H]1c1ccc(OC)c(Br)c1. The Labute approximate surface area is 269 Å². The molecule has 0 unspecified atom stereocenters. The van der Waals surface area contributed by atoms with Gasteiger partial charge >= 0.3 is 5.97 Å². The number of nitro benzene ring substituents is 1. The highest BCUT2D eigenvalue weighted by Crippen LogP contribution is 2.35. The maximum Gasteiger partial charge on any atom is 0.338 e. The van der Waals surface area contributed by atoms with E-state index in [1.165, 1.54) is 23.5 Å². The number of carbonyl (C=O) groups is 1. The highest BCUT2D eigenvalue weighted by atomic mass is 79.9. The molecule has 1 aliphatic rings. The number of nitrogens with zero attached hydrogens (tertiary/aromatic N) is 4. The van der Waals surface area contributed by atoms with E-state index < -0.39 is 16.9 Å². The predicted octanol–water partition coefficient (Wildman–Crippen LogP) is 5.48. The number of para-hydroxylation sites is 1. The van der Waals surface area contributed by atoms with E-state index in [0.29, 0.717) is 42.9 Å². The number of methoxy groups -OCH3 is 1. The third-order valence-corrected chi connectivity index (χ3v) is 9.22. The molecule has 228 valence electrons. The van der Waals surface area contributed by atoms with E-state index in [1.54, 1.807) is 43.7 Å². The van der Waals surface area contributed by atoms with Gasteiger partial charge in [-0.1, -0.05) is 47.7 Å². The number of fused-ring (bicyclic) bond motifs is 2. The molecule has 2 aromatic heterocycles. The summed E-state index contributed by atoms with van der Waals surface area (Å²) in [5.74, 6) is 0.0916. The molecule has 1 atom stereocenters. The Balaban J connectivity index is 1.49. The van der Waals surface area contributed by atoms with Crippen molar-refractivity contribution in [1.29, 1.82) is 0 Å². The Hall–Kier alpha value is -4.81. The highest BCUT2D eigenvalue weighted by Gasteiger charge is 2.33. The standard InChI is InChI=1S/C33H27BrN4O6S/c1-4-44-32(40)29-19(2)35-33-37(30(29)21-11-14-27(43-3)25(34)15-21)31(39)28(45-33)16-22-18-36(26-8-6-5-7-24(22)26)17-20-9-12-23(13-10-20)38(41)42/h5-16,18,30H,4,17H2,1-3H3/b28-16+/t30-/m0/s1. The van der Waals surface area contributed by atoms with Crippen molar-refractivity contribution in [2.45, 2.75) is 26.4 Å². The van der Waals surface area contributed by atoms with E-state index in [0.717, 1.165) is 22.0 Å². The van der Waals surface area contributed by atoms with Gasteiger partial charge in [0.15, 0.2) is 4.80 Å². The lowest BCUT2D eigenvalue weighted by atomic mass is 9.96. The fourth-order valence-corrected chi connectivity index (χ4v) is 7.14.